The SMILES string of the molecule is CCNC(CC)C(C)c1nc(-c2ncc[nH]2)no1. The van der Waals surface area contributed by atoms with Crippen molar-refractivity contribution in [1.29, 1.82) is 0 Å². The molecule has 0 amide bonds. The fourth-order valence-electron chi connectivity index (χ4n) is 2.01. The highest BCUT2D eigenvalue weighted by Crippen LogP contribution is 2.21. The Labute approximate surface area is 106 Å². The maximum atomic E-state index is 5.32. The van der Waals surface area contributed by atoms with Crippen molar-refractivity contribution in [3.63, 3.8) is 0 Å². The average molecular weight is 249 g/mol. The maximum Gasteiger partial charge on any atom is 0.238 e. The normalized spacial score (nSPS) is 14.6. The smallest absolute Gasteiger partial charge is 0.238 e. The molecule has 0 radical (unpaired) electrons. The molecular weight excluding hydrogens is 230 g/mol. The van der Waals surface area contributed by atoms with E-state index < -0.39 is 0 Å². The Bertz CT molecular complexity index is 465. The second-order valence-corrected chi connectivity index (χ2v) is 4.26. The number of aromatic amines is 1. The van der Waals surface area contributed by atoms with Crippen LogP contribution in [0.4, 0.5) is 0 Å². The Morgan fingerprint density at radius 2 is 2.28 bits per heavy atom. The second kappa shape index (κ2) is 5.77. The fraction of sp³-hybridized carbons (Fsp3) is 0.583. The van der Waals surface area contributed by atoms with E-state index in [9.17, 15) is 0 Å². The van der Waals surface area contributed by atoms with Crippen LogP contribution in [-0.4, -0.2) is 32.7 Å². The molecule has 0 saturated heterocycles. The monoisotopic (exact) mass is 249 g/mol. The van der Waals surface area contributed by atoms with Gasteiger partial charge in [-0.05, 0) is 13.0 Å². The van der Waals surface area contributed by atoms with Crippen molar-refractivity contribution in [2.24, 2.45) is 0 Å². The average Bonchev–Trinajstić information content (AvgIpc) is 3.04. The first kappa shape index (κ1) is 12.8. The minimum Gasteiger partial charge on any atom is -0.342 e. The third-order valence-corrected chi connectivity index (χ3v) is 3.05. The zero-order chi connectivity index (χ0) is 13.0. The molecule has 6 heteroatoms. The number of rotatable bonds is 6. The Balaban J connectivity index is 2.14. The highest BCUT2D eigenvalue weighted by molar-refractivity contribution is 5.40. The molecule has 2 aromatic rings. The highest BCUT2D eigenvalue weighted by Gasteiger charge is 2.22. The van der Waals surface area contributed by atoms with Crippen LogP contribution in [0, 0.1) is 0 Å². The summed E-state index contributed by atoms with van der Waals surface area (Å²) in [5, 5.41) is 7.37. The van der Waals surface area contributed by atoms with Gasteiger partial charge in [0.05, 0.1) is 5.92 Å². The summed E-state index contributed by atoms with van der Waals surface area (Å²) in [4.78, 5) is 11.5. The first-order valence-corrected chi connectivity index (χ1v) is 6.33. The lowest BCUT2D eigenvalue weighted by Gasteiger charge is -2.20. The topological polar surface area (TPSA) is 79.6 Å². The number of likely N-dealkylation sites (N-methyl/N-ethyl adjacent to an activating group) is 1. The van der Waals surface area contributed by atoms with Crippen molar-refractivity contribution < 1.29 is 4.52 Å². The van der Waals surface area contributed by atoms with Crippen LogP contribution in [0.3, 0.4) is 0 Å². The molecule has 0 bridgehead atoms. The van der Waals surface area contributed by atoms with Crippen LogP contribution in [0.15, 0.2) is 16.9 Å². The molecule has 2 heterocycles. The molecule has 0 saturated carbocycles. The summed E-state index contributed by atoms with van der Waals surface area (Å²) in [5.41, 5.74) is 0. The highest BCUT2D eigenvalue weighted by atomic mass is 16.5. The van der Waals surface area contributed by atoms with Crippen LogP contribution < -0.4 is 5.32 Å². The van der Waals surface area contributed by atoms with Gasteiger partial charge < -0.3 is 14.8 Å². The summed E-state index contributed by atoms with van der Waals surface area (Å²) in [6.45, 7) is 7.27. The minimum atomic E-state index is 0.186. The van der Waals surface area contributed by atoms with E-state index in [4.69, 9.17) is 4.52 Å². The molecule has 0 fully saturated rings. The molecular formula is C12H19N5O. The summed E-state index contributed by atoms with van der Waals surface area (Å²) in [7, 11) is 0. The zero-order valence-corrected chi connectivity index (χ0v) is 11.0. The van der Waals surface area contributed by atoms with Gasteiger partial charge in [-0.3, -0.25) is 0 Å². The number of H-pyrrole nitrogens is 1. The second-order valence-electron chi connectivity index (χ2n) is 4.26. The molecule has 18 heavy (non-hydrogen) atoms. The lowest BCUT2D eigenvalue weighted by molar-refractivity contribution is 0.321. The molecule has 2 aromatic heterocycles. The molecule has 2 atom stereocenters. The lowest BCUT2D eigenvalue weighted by atomic mass is 9.99. The standard InChI is InChI=1S/C12H19N5O/c1-4-9(13-5-2)8(3)12-16-11(17-18-12)10-14-6-7-15-10/h6-9,13H,4-5H2,1-3H3,(H,14,15). The first-order valence-electron chi connectivity index (χ1n) is 6.33. The summed E-state index contributed by atoms with van der Waals surface area (Å²) in [5.74, 6) is 1.97. The van der Waals surface area contributed by atoms with Gasteiger partial charge in [0, 0.05) is 18.4 Å². The van der Waals surface area contributed by atoms with E-state index in [-0.39, 0.29) is 5.92 Å². The van der Waals surface area contributed by atoms with Crippen LogP contribution in [0.2, 0.25) is 0 Å². The Morgan fingerprint density at radius 1 is 1.44 bits per heavy atom. The van der Waals surface area contributed by atoms with Crippen LogP contribution in [0.1, 0.15) is 39.0 Å². The lowest BCUT2D eigenvalue weighted by Crippen LogP contribution is -2.33. The molecule has 0 aliphatic rings. The summed E-state index contributed by atoms with van der Waals surface area (Å²) < 4.78 is 5.32. The molecule has 2 N–H and O–H groups in total. The van der Waals surface area contributed by atoms with Gasteiger partial charge in [0.25, 0.3) is 0 Å². The number of nitrogens with zero attached hydrogens (tertiary/aromatic N) is 3. The number of imidazole rings is 1. The van der Waals surface area contributed by atoms with E-state index in [1.807, 2.05) is 0 Å². The van der Waals surface area contributed by atoms with Crippen LogP contribution >= 0.6 is 0 Å². The third-order valence-electron chi connectivity index (χ3n) is 3.05. The van der Waals surface area contributed by atoms with Gasteiger partial charge in [0.2, 0.25) is 11.7 Å². The zero-order valence-electron chi connectivity index (χ0n) is 11.0. The van der Waals surface area contributed by atoms with Gasteiger partial charge in [-0.2, -0.15) is 4.98 Å². The van der Waals surface area contributed by atoms with Gasteiger partial charge in [-0.1, -0.05) is 25.9 Å². The van der Waals surface area contributed by atoms with Gasteiger partial charge in [-0.15, -0.1) is 0 Å². The summed E-state index contributed by atoms with van der Waals surface area (Å²) >= 11 is 0. The molecule has 98 valence electrons. The van der Waals surface area contributed by atoms with E-state index in [1.54, 1.807) is 12.4 Å². The van der Waals surface area contributed by atoms with Crippen molar-refractivity contribution in [3.8, 4) is 11.6 Å². The van der Waals surface area contributed by atoms with Crippen LogP contribution in [-0.2, 0) is 0 Å². The molecule has 0 spiro atoms. The quantitative estimate of drug-likeness (QED) is 0.818. The first-order chi connectivity index (χ1) is 8.76. The Hall–Kier alpha value is -1.69. The maximum absolute atomic E-state index is 5.32. The molecule has 6 nitrogen and oxygen atoms in total. The Kier molecular flexibility index (Phi) is 4.09. The Morgan fingerprint density at radius 3 is 2.89 bits per heavy atom. The summed E-state index contributed by atoms with van der Waals surface area (Å²) in [6, 6.07) is 0.347. The van der Waals surface area contributed by atoms with Crippen molar-refractivity contribution in [1.82, 2.24) is 25.4 Å². The van der Waals surface area contributed by atoms with Crippen molar-refractivity contribution >= 4 is 0 Å². The van der Waals surface area contributed by atoms with E-state index in [2.05, 4.69) is 46.2 Å². The molecule has 2 unspecified atom stereocenters. The van der Waals surface area contributed by atoms with Crippen LogP contribution in [0.5, 0.6) is 0 Å². The predicted molar refractivity (Wildman–Crippen MR) is 68.1 cm³/mol. The third kappa shape index (κ3) is 2.59. The van der Waals surface area contributed by atoms with Gasteiger partial charge in [0.15, 0.2) is 5.82 Å². The molecule has 0 aliphatic carbocycles. The van der Waals surface area contributed by atoms with Gasteiger partial charge in [-0.25, -0.2) is 4.98 Å². The molecule has 0 aromatic carbocycles. The largest absolute Gasteiger partial charge is 0.342 e. The molecule has 0 aliphatic heterocycles. The van der Waals surface area contributed by atoms with Crippen molar-refractivity contribution in [2.45, 2.75) is 39.2 Å². The number of hydrogen-bond acceptors (Lipinski definition) is 5. The van der Waals surface area contributed by atoms with Crippen molar-refractivity contribution in [2.75, 3.05) is 6.54 Å². The fourth-order valence-corrected chi connectivity index (χ4v) is 2.01. The van der Waals surface area contributed by atoms with Crippen molar-refractivity contribution in [3.05, 3.63) is 18.3 Å². The van der Waals surface area contributed by atoms with Crippen LogP contribution in [0.25, 0.3) is 11.6 Å². The van der Waals surface area contributed by atoms with E-state index >= 15 is 0 Å². The number of aromatic nitrogens is 4. The van der Waals surface area contributed by atoms with Gasteiger partial charge in [0.1, 0.15) is 0 Å². The van der Waals surface area contributed by atoms with E-state index in [0.29, 0.717) is 23.6 Å². The minimum absolute atomic E-state index is 0.186. The van der Waals surface area contributed by atoms with Gasteiger partial charge >= 0.3 is 0 Å². The molecule has 2 rings (SSSR count). The van der Waals surface area contributed by atoms with E-state index in [0.717, 1.165) is 13.0 Å². The summed E-state index contributed by atoms with van der Waals surface area (Å²) in [6.07, 6.45) is 4.43. The van der Waals surface area contributed by atoms with E-state index in [1.165, 1.54) is 0 Å². The predicted octanol–water partition coefficient (Wildman–Crippen LogP) is 1.95. The number of hydrogen-bond donors (Lipinski definition) is 2. The number of nitrogens with one attached hydrogen (secondary N) is 2.